The van der Waals surface area contributed by atoms with Crippen molar-refractivity contribution in [2.24, 2.45) is 0 Å². The Morgan fingerprint density at radius 3 is 2.73 bits per heavy atom. The van der Waals surface area contributed by atoms with Gasteiger partial charge in [0.05, 0.1) is 11.3 Å². The molecule has 0 aliphatic heterocycles. The van der Waals surface area contributed by atoms with E-state index in [1.165, 1.54) is 0 Å². The molecule has 77 valence electrons. The molecule has 2 aromatic heterocycles. The summed E-state index contributed by atoms with van der Waals surface area (Å²) in [6.45, 7) is 6.29. The number of hydrogen-bond donors (Lipinski definition) is 0. The van der Waals surface area contributed by atoms with Crippen molar-refractivity contribution in [2.75, 3.05) is 0 Å². The monoisotopic (exact) mass is 201 g/mol. The van der Waals surface area contributed by atoms with Crippen molar-refractivity contribution in [3.8, 4) is 0 Å². The van der Waals surface area contributed by atoms with Crippen LogP contribution in [0.3, 0.4) is 0 Å². The number of imidazole rings is 1. The van der Waals surface area contributed by atoms with Gasteiger partial charge in [-0.2, -0.15) is 0 Å². The lowest BCUT2D eigenvalue weighted by Gasteiger charge is -2.13. The quantitative estimate of drug-likeness (QED) is 0.708. The van der Waals surface area contributed by atoms with Crippen LogP contribution in [0.5, 0.6) is 0 Å². The summed E-state index contributed by atoms with van der Waals surface area (Å²) in [5, 5.41) is 0. The molecule has 2 aromatic rings. The molecule has 15 heavy (non-hydrogen) atoms. The average molecular weight is 201 g/mol. The molecule has 0 aromatic carbocycles. The van der Waals surface area contributed by atoms with Gasteiger partial charge in [-0.3, -0.25) is 4.79 Å². The highest BCUT2D eigenvalue weighted by Gasteiger charge is 2.18. The molecule has 0 spiro atoms. The highest BCUT2D eigenvalue weighted by Crippen LogP contribution is 2.22. The summed E-state index contributed by atoms with van der Waals surface area (Å²) in [6, 6.07) is 3.54. The van der Waals surface area contributed by atoms with Gasteiger partial charge in [-0.1, -0.05) is 20.8 Å². The molecular weight excluding hydrogens is 188 g/mol. The molecule has 0 saturated heterocycles. The number of nitrogens with zero attached hydrogens (tertiary/aromatic N) is 2. The predicted molar refractivity (Wildman–Crippen MR) is 58.7 cm³/mol. The Balaban J connectivity index is 2.70. The average Bonchev–Trinajstić information content (AvgIpc) is 2.59. The lowest BCUT2D eigenvalue weighted by Crippen LogP contribution is -2.11. The first-order valence-corrected chi connectivity index (χ1v) is 4.89. The first kappa shape index (κ1) is 9.90. The van der Waals surface area contributed by atoms with Crippen LogP contribution in [0.2, 0.25) is 0 Å². The topological polar surface area (TPSA) is 34.4 Å². The van der Waals surface area contributed by atoms with Crippen LogP contribution < -0.4 is 0 Å². The summed E-state index contributed by atoms with van der Waals surface area (Å²) in [4.78, 5) is 15.2. The number of rotatable bonds is 1. The molecule has 0 fully saturated rings. The maximum absolute atomic E-state index is 10.7. The van der Waals surface area contributed by atoms with E-state index in [-0.39, 0.29) is 5.41 Å². The van der Waals surface area contributed by atoms with E-state index in [1.807, 2.05) is 29.1 Å². The van der Waals surface area contributed by atoms with Gasteiger partial charge in [0.15, 0.2) is 0 Å². The summed E-state index contributed by atoms with van der Waals surface area (Å²) in [7, 11) is 0. The summed E-state index contributed by atoms with van der Waals surface area (Å²) in [5.41, 5.74) is 2.15. The second-order valence-electron chi connectivity index (χ2n) is 4.63. The summed E-state index contributed by atoms with van der Waals surface area (Å²) < 4.78 is 1.86. The van der Waals surface area contributed by atoms with Gasteiger partial charge in [0.2, 0.25) is 6.29 Å². The Morgan fingerprint density at radius 2 is 2.13 bits per heavy atom. The Kier molecular flexibility index (Phi) is 2.11. The number of hydrogen-bond acceptors (Lipinski definition) is 2. The molecule has 0 atom stereocenters. The Bertz CT molecular complexity index is 506. The van der Waals surface area contributed by atoms with E-state index in [2.05, 4.69) is 25.8 Å². The maximum atomic E-state index is 10.7. The summed E-state index contributed by atoms with van der Waals surface area (Å²) in [5.74, 6) is 0. The zero-order valence-corrected chi connectivity index (χ0v) is 9.11. The van der Waals surface area contributed by atoms with Crippen molar-refractivity contribution in [2.45, 2.75) is 26.2 Å². The van der Waals surface area contributed by atoms with Crippen molar-refractivity contribution >= 4 is 11.9 Å². The summed E-state index contributed by atoms with van der Waals surface area (Å²) in [6.07, 6.45) is 5.74. The third-order valence-corrected chi connectivity index (χ3v) is 2.36. The molecule has 0 aliphatic rings. The number of carbonyl (C=O) groups excluding carboxylic acids is 1. The Labute approximate surface area is 88.8 Å². The fourth-order valence-corrected chi connectivity index (χ4v) is 1.45. The van der Waals surface area contributed by atoms with Crippen LogP contribution in [-0.4, -0.2) is 15.7 Å². The van der Waals surface area contributed by atoms with Crippen molar-refractivity contribution in [1.29, 1.82) is 0 Å². The fourth-order valence-electron chi connectivity index (χ4n) is 1.45. The van der Waals surface area contributed by atoms with Crippen molar-refractivity contribution in [3.05, 3.63) is 35.8 Å². The normalized spacial score (nSPS) is 11.9. The molecule has 2 rings (SSSR count). The van der Waals surface area contributed by atoms with Crippen LogP contribution in [0.25, 0.3) is 5.65 Å². The molecule has 3 heteroatoms. The van der Waals surface area contributed by atoms with Crippen molar-refractivity contribution in [3.63, 3.8) is 0 Å². The summed E-state index contributed by atoms with van der Waals surface area (Å²) >= 11 is 0. The van der Waals surface area contributed by atoms with Crippen molar-refractivity contribution < 1.29 is 4.79 Å². The molecule has 1 radical (unpaired) electrons. The second-order valence-corrected chi connectivity index (χ2v) is 4.63. The second kappa shape index (κ2) is 3.19. The zero-order chi connectivity index (χ0) is 11.1. The highest BCUT2D eigenvalue weighted by molar-refractivity contribution is 5.84. The first-order chi connectivity index (χ1) is 7.02. The zero-order valence-electron chi connectivity index (χ0n) is 9.11. The minimum absolute atomic E-state index is 0.00776. The van der Waals surface area contributed by atoms with Crippen LogP contribution in [0, 0.1) is 0 Å². The predicted octanol–water partition coefficient (Wildman–Crippen LogP) is 2.09. The lowest BCUT2D eigenvalue weighted by atomic mass is 9.93. The van der Waals surface area contributed by atoms with E-state index in [1.54, 1.807) is 6.07 Å². The van der Waals surface area contributed by atoms with Gasteiger partial charge in [0.1, 0.15) is 5.65 Å². The minimum Gasteiger partial charge on any atom is -0.306 e. The van der Waals surface area contributed by atoms with Gasteiger partial charge in [-0.15, -0.1) is 0 Å². The number of aromatic nitrogens is 2. The molecule has 0 amide bonds. The molecule has 3 nitrogen and oxygen atoms in total. The van der Waals surface area contributed by atoms with Gasteiger partial charge in [0.25, 0.3) is 0 Å². The van der Waals surface area contributed by atoms with Crippen LogP contribution in [0.15, 0.2) is 24.5 Å². The standard InChI is InChI=1S/C12H13N2O/c1-12(2,3)10-7-14-6-4-5-9(8-15)11(14)13-10/h4-7H,1-3H3. The van der Waals surface area contributed by atoms with Gasteiger partial charge in [-0.25, -0.2) is 4.98 Å². The van der Waals surface area contributed by atoms with Gasteiger partial charge >= 0.3 is 0 Å². The number of fused-ring (bicyclic) bond motifs is 1. The van der Waals surface area contributed by atoms with Crippen molar-refractivity contribution in [1.82, 2.24) is 9.38 Å². The maximum Gasteiger partial charge on any atom is 0.237 e. The molecule has 0 bridgehead atoms. The Hall–Kier alpha value is -1.64. The fraction of sp³-hybridized carbons (Fsp3) is 0.333. The van der Waals surface area contributed by atoms with Gasteiger partial charge in [0, 0.05) is 17.8 Å². The van der Waals surface area contributed by atoms with Gasteiger partial charge in [-0.05, 0) is 12.1 Å². The smallest absolute Gasteiger partial charge is 0.237 e. The van der Waals surface area contributed by atoms with E-state index in [0.29, 0.717) is 11.2 Å². The van der Waals surface area contributed by atoms with Crippen LogP contribution in [-0.2, 0) is 10.2 Å². The van der Waals surface area contributed by atoms with E-state index in [0.717, 1.165) is 5.69 Å². The van der Waals surface area contributed by atoms with E-state index in [4.69, 9.17) is 0 Å². The highest BCUT2D eigenvalue weighted by atomic mass is 16.1. The third kappa shape index (κ3) is 1.65. The van der Waals surface area contributed by atoms with Crippen LogP contribution >= 0.6 is 0 Å². The molecule has 2 heterocycles. The number of pyridine rings is 1. The minimum atomic E-state index is -0.00776. The van der Waals surface area contributed by atoms with E-state index < -0.39 is 0 Å². The van der Waals surface area contributed by atoms with E-state index >= 15 is 0 Å². The largest absolute Gasteiger partial charge is 0.306 e. The molecular formula is C12H13N2O. The first-order valence-electron chi connectivity index (χ1n) is 4.89. The molecule has 0 N–H and O–H groups in total. The molecule has 0 saturated carbocycles. The Morgan fingerprint density at radius 1 is 1.40 bits per heavy atom. The van der Waals surface area contributed by atoms with Gasteiger partial charge < -0.3 is 4.40 Å². The SMILES string of the molecule is CC(C)(C)c1cn2cccc([C]=O)c2n1. The molecule has 0 aliphatic carbocycles. The third-order valence-electron chi connectivity index (χ3n) is 2.36. The van der Waals surface area contributed by atoms with Crippen LogP contribution in [0.1, 0.15) is 32.0 Å². The van der Waals surface area contributed by atoms with Crippen LogP contribution in [0.4, 0.5) is 0 Å². The lowest BCUT2D eigenvalue weighted by molar-refractivity contribution is 0.562. The van der Waals surface area contributed by atoms with E-state index in [9.17, 15) is 4.79 Å². The molecule has 0 unspecified atom stereocenters.